The number of pyridine rings is 1. The summed E-state index contributed by atoms with van der Waals surface area (Å²) in [6, 6.07) is 9.56. The van der Waals surface area contributed by atoms with Crippen LogP contribution in [0.15, 0.2) is 52.0 Å². The summed E-state index contributed by atoms with van der Waals surface area (Å²) >= 11 is 5.73. The molecule has 0 radical (unpaired) electrons. The van der Waals surface area contributed by atoms with Gasteiger partial charge in [-0.1, -0.05) is 28.9 Å². The van der Waals surface area contributed by atoms with Gasteiger partial charge in [0.1, 0.15) is 10.9 Å². The van der Waals surface area contributed by atoms with Crippen molar-refractivity contribution in [3.05, 3.63) is 65.0 Å². The van der Waals surface area contributed by atoms with E-state index in [1.807, 2.05) is 0 Å². The zero-order chi connectivity index (χ0) is 18.7. The topological polar surface area (TPSA) is 121 Å². The maximum absolute atomic E-state index is 11.4. The van der Waals surface area contributed by atoms with Gasteiger partial charge in [0.25, 0.3) is 5.89 Å². The van der Waals surface area contributed by atoms with Crippen LogP contribution in [0.5, 0.6) is 5.75 Å². The Morgan fingerprint density at radius 1 is 1.31 bits per heavy atom. The van der Waals surface area contributed by atoms with Crippen molar-refractivity contribution in [2.45, 2.75) is 24.3 Å². The first-order valence-electron chi connectivity index (χ1n) is 7.54. The maximum atomic E-state index is 11.4. The molecule has 2 heterocycles. The molecule has 0 aliphatic carbocycles. The molecule has 3 rings (SSSR count). The highest BCUT2D eigenvalue weighted by Gasteiger charge is 2.17. The summed E-state index contributed by atoms with van der Waals surface area (Å²) < 4.78 is 33.7. The van der Waals surface area contributed by atoms with Gasteiger partial charge in [-0.3, -0.25) is 0 Å². The van der Waals surface area contributed by atoms with Gasteiger partial charge >= 0.3 is 0 Å². The van der Waals surface area contributed by atoms with Gasteiger partial charge in [0.05, 0.1) is 11.1 Å². The van der Waals surface area contributed by atoms with E-state index in [-0.39, 0.29) is 10.8 Å². The smallest absolute Gasteiger partial charge is 0.267 e. The van der Waals surface area contributed by atoms with Gasteiger partial charge < -0.3 is 9.26 Å². The van der Waals surface area contributed by atoms with E-state index in [1.54, 1.807) is 31.2 Å². The maximum Gasteiger partial charge on any atom is 0.267 e. The molecule has 8 nitrogen and oxygen atoms in total. The lowest BCUT2D eigenvalue weighted by Gasteiger charge is -2.09. The van der Waals surface area contributed by atoms with Crippen LogP contribution in [0.3, 0.4) is 0 Å². The predicted molar refractivity (Wildman–Crippen MR) is 93.2 cm³/mol. The van der Waals surface area contributed by atoms with E-state index < -0.39 is 16.1 Å². The minimum Gasteiger partial charge on any atom is -0.479 e. The first-order valence-corrected chi connectivity index (χ1v) is 9.46. The summed E-state index contributed by atoms with van der Waals surface area (Å²) in [5.74, 6) is 1.20. The van der Waals surface area contributed by atoms with Crippen LogP contribution < -0.4 is 9.88 Å². The van der Waals surface area contributed by atoms with E-state index in [0.29, 0.717) is 28.7 Å². The van der Waals surface area contributed by atoms with Gasteiger partial charge in [-0.2, -0.15) is 4.98 Å². The van der Waals surface area contributed by atoms with Crippen LogP contribution in [0.1, 0.15) is 30.3 Å². The van der Waals surface area contributed by atoms with E-state index in [2.05, 4.69) is 15.1 Å². The highest BCUT2D eigenvalue weighted by Crippen LogP contribution is 2.21. The molecular formula is C16H15ClN4O4S. The Balaban J connectivity index is 1.70. The number of benzene rings is 1. The number of nitrogens with zero attached hydrogens (tertiary/aromatic N) is 3. The van der Waals surface area contributed by atoms with E-state index in [0.717, 1.165) is 0 Å². The molecule has 0 saturated carbocycles. The lowest BCUT2D eigenvalue weighted by Crippen LogP contribution is -2.12. The lowest BCUT2D eigenvalue weighted by atomic mass is 10.1. The fourth-order valence-electron chi connectivity index (χ4n) is 2.21. The Hall–Kier alpha value is -2.49. The van der Waals surface area contributed by atoms with E-state index in [9.17, 15) is 8.42 Å². The zero-order valence-corrected chi connectivity index (χ0v) is 15.2. The summed E-state index contributed by atoms with van der Waals surface area (Å²) in [5, 5.41) is 9.40. The monoisotopic (exact) mass is 394 g/mol. The number of hydrogen-bond donors (Lipinski definition) is 1. The normalized spacial score (nSPS) is 12.7. The fourth-order valence-corrected chi connectivity index (χ4v) is 2.90. The van der Waals surface area contributed by atoms with Gasteiger partial charge in [0, 0.05) is 6.42 Å². The number of nitrogens with two attached hydrogens (primary N) is 1. The van der Waals surface area contributed by atoms with Crippen LogP contribution in [0.2, 0.25) is 5.15 Å². The molecule has 2 aromatic heterocycles. The lowest BCUT2D eigenvalue weighted by molar-refractivity contribution is 0.175. The van der Waals surface area contributed by atoms with Crippen LogP contribution in [0, 0.1) is 0 Å². The SMILES string of the molecule is C[C@H](Oc1ccc(Cl)nc1)c1nc(Cc2cccc(S(N)(=O)=O)c2)no1. The van der Waals surface area contributed by atoms with E-state index >= 15 is 0 Å². The molecule has 0 bridgehead atoms. The molecule has 0 fully saturated rings. The van der Waals surface area contributed by atoms with Gasteiger partial charge in [-0.05, 0) is 36.8 Å². The number of aromatic nitrogens is 3. The third-order valence-electron chi connectivity index (χ3n) is 3.43. The first kappa shape index (κ1) is 18.3. The number of halogens is 1. The molecule has 1 atom stereocenters. The van der Waals surface area contributed by atoms with Crippen molar-refractivity contribution >= 4 is 21.6 Å². The quantitative estimate of drug-likeness (QED) is 0.637. The third-order valence-corrected chi connectivity index (χ3v) is 4.57. The molecule has 3 aromatic rings. The molecule has 0 saturated heterocycles. The average Bonchev–Trinajstić information content (AvgIpc) is 3.05. The van der Waals surface area contributed by atoms with E-state index in [1.165, 1.54) is 18.3 Å². The molecule has 0 amide bonds. The highest BCUT2D eigenvalue weighted by molar-refractivity contribution is 7.89. The predicted octanol–water partition coefficient (Wildman–Crippen LogP) is 2.50. The first-order chi connectivity index (χ1) is 12.3. The molecule has 0 spiro atoms. The van der Waals surface area contributed by atoms with Crippen LogP contribution in [-0.4, -0.2) is 23.5 Å². The molecule has 2 N–H and O–H groups in total. The molecular weight excluding hydrogens is 380 g/mol. The Kier molecular flexibility index (Phi) is 5.21. The van der Waals surface area contributed by atoms with Crippen LogP contribution >= 0.6 is 11.6 Å². The number of primary sulfonamides is 1. The zero-order valence-electron chi connectivity index (χ0n) is 13.7. The fraction of sp³-hybridized carbons (Fsp3) is 0.188. The number of rotatable bonds is 6. The Morgan fingerprint density at radius 3 is 2.81 bits per heavy atom. The summed E-state index contributed by atoms with van der Waals surface area (Å²) in [4.78, 5) is 8.24. The van der Waals surface area contributed by atoms with Gasteiger partial charge in [0.15, 0.2) is 11.9 Å². The molecule has 26 heavy (non-hydrogen) atoms. The number of ether oxygens (including phenoxy) is 1. The van der Waals surface area contributed by atoms with Crippen LogP contribution in [-0.2, 0) is 16.4 Å². The van der Waals surface area contributed by atoms with Crippen molar-refractivity contribution < 1.29 is 17.7 Å². The van der Waals surface area contributed by atoms with Crippen molar-refractivity contribution in [1.29, 1.82) is 0 Å². The second-order valence-corrected chi connectivity index (χ2v) is 7.44. The summed E-state index contributed by atoms with van der Waals surface area (Å²) in [6.45, 7) is 1.76. The van der Waals surface area contributed by atoms with Crippen molar-refractivity contribution in [1.82, 2.24) is 15.1 Å². The van der Waals surface area contributed by atoms with Gasteiger partial charge in [-0.15, -0.1) is 0 Å². The van der Waals surface area contributed by atoms with Crippen molar-refractivity contribution in [3.8, 4) is 5.75 Å². The average molecular weight is 395 g/mol. The van der Waals surface area contributed by atoms with Crippen molar-refractivity contribution in [2.75, 3.05) is 0 Å². The van der Waals surface area contributed by atoms with Crippen molar-refractivity contribution in [3.63, 3.8) is 0 Å². The Bertz CT molecular complexity index is 1010. The standard InChI is InChI=1S/C16H15ClN4O4S/c1-10(24-12-5-6-14(17)19-9-12)16-20-15(21-25-16)8-11-3-2-4-13(7-11)26(18,22)23/h2-7,9-10H,8H2,1H3,(H2,18,22,23)/t10-/m0/s1. The summed E-state index contributed by atoms with van der Waals surface area (Å²) in [7, 11) is -3.76. The second kappa shape index (κ2) is 7.40. The van der Waals surface area contributed by atoms with E-state index in [4.69, 9.17) is 26.0 Å². The summed E-state index contributed by atoms with van der Waals surface area (Å²) in [6.07, 6.45) is 1.30. The van der Waals surface area contributed by atoms with Crippen LogP contribution in [0.25, 0.3) is 0 Å². The minimum absolute atomic E-state index is 0.0330. The minimum atomic E-state index is -3.76. The Morgan fingerprint density at radius 2 is 2.12 bits per heavy atom. The molecule has 10 heteroatoms. The largest absolute Gasteiger partial charge is 0.479 e. The van der Waals surface area contributed by atoms with Gasteiger partial charge in [0.2, 0.25) is 10.0 Å². The Labute approximate surface area is 155 Å². The number of hydrogen-bond acceptors (Lipinski definition) is 7. The highest BCUT2D eigenvalue weighted by atomic mass is 35.5. The second-order valence-electron chi connectivity index (χ2n) is 5.49. The third kappa shape index (κ3) is 4.57. The van der Waals surface area contributed by atoms with Crippen molar-refractivity contribution in [2.24, 2.45) is 5.14 Å². The molecule has 0 aliphatic rings. The van der Waals surface area contributed by atoms with Gasteiger partial charge in [-0.25, -0.2) is 18.5 Å². The molecule has 0 aliphatic heterocycles. The molecule has 136 valence electrons. The molecule has 0 unspecified atom stereocenters. The summed E-state index contributed by atoms with van der Waals surface area (Å²) in [5.41, 5.74) is 0.694. The van der Waals surface area contributed by atoms with Crippen LogP contribution in [0.4, 0.5) is 0 Å². The number of sulfonamides is 1. The molecule has 1 aromatic carbocycles.